The summed E-state index contributed by atoms with van der Waals surface area (Å²) < 4.78 is 42.6. The maximum atomic E-state index is 14.4. The number of nitrogens with zero attached hydrogens (tertiary/aromatic N) is 3. The van der Waals surface area contributed by atoms with E-state index < -0.39 is 29.2 Å². The van der Waals surface area contributed by atoms with E-state index in [1.54, 1.807) is 27.1 Å². The van der Waals surface area contributed by atoms with Crippen LogP contribution in [-0.2, 0) is 11.2 Å². The highest BCUT2D eigenvalue weighted by Gasteiger charge is 2.25. The normalized spacial score (nSPS) is 10.7. The smallest absolute Gasteiger partial charge is 0.325 e. The minimum absolute atomic E-state index is 0.104. The van der Waals surface area contributed by atoms with E-state index in [9.17, 15) is 22.8 Å². The molecule has 33 heavy (non-hydrogen) atoms. The Labute approximate surface area is 189 Å². The van der Waals surface area contributed by atoms with Crippen molar-refractivity contribution < 1.29 is 22.8 Å². The van der Waals surface area contributed by atoms with E-state index in [1.807, 2.05) is 0 Å². The van der Waals surface area contributed by atoms with Crippen molar-refractivity contribution in [3.8, 4) is 11.3 Å². The molecular formula is C24H23F3N4O2. The van der Waals surface area contributed by atoms with Crippen LogP contribution in [-0.4, -0.2) is 35.9 Å². The van der Waals surface area contributed by atoms with Crippen LogP contribution in [0, 0.1) is 24.4 Å². The van der Waals surface area contributed by atoms with Crippen LogP contribution in [0.1, 0.15) is 17.5 Å². The number of hydrogen-bond acceptors (Lipinski definition) is 3. The van der Waals surface area contributed by atoms with Crippen molar-refractivity contribution in [2.24, 2.45) is 5.73 Å². The maximum absolute atomic E-state index is 14.4. The Morgan fingerprint density at radius 3 is 2.24 bits per heavy atom. The summed E-state index contributed by atoms with van der Waals surface area (Å²) in [5.74, 6) is -2.64. The van der Waals surface area contributed by atoms with Crippen molar-refractivity contribution >= 4 is 23.4 Å². The second kappa shape index (κ2) is 9.72. The van der Waals surface area contributed by atoms with Crippen molar-refractivity contribution in [3.05, 3.63) is 77.1 Å². The van der Waals surface area contributed by atoms with Gasteiger partial charge in [0, 0.05) is 26.1 Å². The van der Waals surface area contributed by atoms with Crippen molar-refractivity contribution in [1.82, 2.24) is 9.88 Å². The number of aryl methyl sites for hydroxylation is 2. The lowest BCUT2D eigenvalue weighted by Crippen LogP contribution is -2.33. The molecule has 1 aromatic heterocycles. The second-order valence-corrected chi connectivity index (χ2v) is 7.67. The molecule has 0 aliphatic carbocycles. The van der Waals surface area contributed by atoms with Gasteiger partial charge in [0.15, 0.2) is 0 Å². The van der Waals surface area contributed by atoms with Gasteiger partial charge in [-0.3, -0.25) is 4.79 Å². The molecule has 3 amide bonds. The first-order valence-corrected chi connectivity index (χ1v) is 10.1. The number of hydrogen-bond donors (Lipinski definition) is 1. The van der Waals surface area contributed by atoms with Gasteiger partial charge in [0.2, 0.25) is 5.91 Å². The third-order valence-electron chi connectivity index (χ3n) is 5.13. The number of primary amides is 1. The third-order valence-corrected chi connectivity index (χ3v) is 5.13. The standard InChI is InChI=1S/C24H23F3N4O2/c1-14-13-16(25)9-10-17(14)22-15(8-12-21(32)30(2)3)7-11-20(29-22)31(24(28)33)23-18(26)5-4-6-19(23)27/h4-7,9-11,13H,8,12H2,1-3H3,(H2,28,33). The lowest BCUT2D eigenvalue weighted by molar-refractivity contribution is -0.128. The van der Waals surface area contributed by atoms with Gasteiger partial charge in [0.25, 0.3) is 0 Å². The molecule has 0 spiro atoms. The van der Waals surface area contributed by atoms with Crippen molar-refractivity contribution in [1.29, 1.82) is 0 Å². The lowest BCUT2D eigenvalue weighted by Gasteiger charge is -2.22. The van der Waals surface area contributed by atoms with Crippen molar-refractivity contribution in [3.63, 3.8) is 0 Å². The summed E-state index contributed by atoms with van der Waals surface area (Å²) in [7, 11) is 3.28. The SMILES string of the molecule is Cc1cc(F)ccc1-c1nc(N(C(N)=O)c2c(F)cccc2F)ccc1CCC(=O)N(C)C. The first kappa shape index (κ1) is 23.8. The molecule has 0 radical (unpaired) electrons. The number of rotatable bonds is 6. The quantitative estimate of drug-likeness (QED) is 0.583. The Bertz CT molecular complexity index is 1190. The molecule has 3 rings (SSSR count). The molecule has 0 aliphatic heterocycles. The van der Waals surface area contributed by atoms with E-state index in [2.05, 4.69) is 4.98 Å². The number of amides is 3. The van der Waals surface area contributed by atoms with Crippen molar-refractivity contribution in [2.75, 3.05) is 19.0 Å². The molecule has 2 N–H and O–H groups in total. The van der Waals surface area contributed by atoms with Crippen LogP contribution in [0.25, 0.3) is 11.3 Å². The Hall–Kier alpha value is -3.88. The van der Waals surface area contributed by atoms with E-state index in [-0.39, 0.29) is 18.1 Å². The summed E-state index contributed by atoms with van der Waals surface area (Å²) in [5.41, 5.74) is 6.89. The number of carbonyl (C=O) groups excluding carboxylic acids is 2. The van der Waals surface area contributed by atoms with Crippen LogP contribution in [0.4, 0.5) is 29.5 Å². The van der Waals surface area contributed by atoms with Crippen LogP contribution in [0.2, 0.25) is 0 Å². The highest BCUT2D eigenvalue weighted by molar-refractivity contribution is 5.98. The zero-order chi connectivity index (χ0) is 24.3. The fraction of sp³-hybridized carbons (Fsp3) is 0.208. The predicted octanol–water partition coefficient (Wildman–Crippen LogP) is 4.71. The van der Waals surface area contributed by atoms with Gasteiger partial charge in [-0.25, -0.2) is 27.8 Å². The third kappa shape index (κ3) is 5.14. The Kier molecular flexibility index (Phi) is 7.01. The van der Waals surface area contributed by atoms with Gasteiger partial charge < -0.3 is 10.6 Å². The number of urea groups is 1. The molecule has 3 aromatic rings. The van der Waals surface area contributed by atoms with Crippen molar-refractivity contribution in [2.45, 2.75) is 19.8 Å². The second-order valence-electron chi connectivity index (χ2n) is 7.67. The fourth-order valence-corrected chi connectivity index (χ4v) is 3.44. The summed E-state index contributed by atoms with van der Waals surface area (Å²) in [6.07, 6.45) is 0.490. The minimum atomic E-state index is -1.14. The highest BCUT2D eigenvalue weighted by atomic mass is 19.1. The minimum Gasteiger partial charge on any atom is -0.351 e. The number of carbonyl (C=O) groups is 2. The molecule has 1 heterocycles. The highest BCUT2D eigenvalue weighted by Crippen LogP contribution is 2.33. The monoisotopic (exact) mass is 456 g/mol. The van der Waals surface area contributed by atoms with E-state index in [0.29, 0.717) is 33.7 Å². The van der Waals surface area contributed by atoms with Crippen LogP contribution in [0.5, 0.6) is 0 Å². The van der Waals surface area contributed by atoms with Crippen LogP contribution >= 0.6 is 0 Å². The summed E-state index contributed by atoms with van der Waals surface area (Å²) >= 11 is 0. The zero-order valence-corrected chi connectivity index (χ0v) is 18.4. The number of pyridine rings is 1. The van der Waals surface area contributed by atoms with Gasteiger partial charge >= 0.3 is 6.03 Å². The Morgan fingerprint density at radius 1 is 1.00 bits per heavy atom. The van der Waals surface area contributed by atoms with Gasteiger partial charge in [-0.15, -0.1) is 0 Å². The van der Waals surface area contributed by atoms with Crippen LogP contribution in [0.15, 0.2) is 48.5 Å². The molecule has 0 atom stereocenters. The average Bonchev–Trinajstić information content (AvgIpc) is 2.74. The molecule has 172 valence electrons. The topological polar surface area (TPSA) is 79.5 Å². The Balaban J connectivity index is 2.17. The summed E-state index contributed by atoms with van der Waals surface area (Å²) in [6.45, 7) is 1.68. The summed E-state index contributed by atoms with van der Waals surface area (Å²) in [6, 6.07) is 9.14. The molecule has 0 unspecified atom stereocenters. The molecule has 6 nitrogen and oxygen atoms in total. The molecule has 9 heteroatoms. The lowest BCUT2D eigenvalue weighted by atomic mass is 9.98. The van der Waals surface area contributed by atoms with Gasteiger partial charge in [-0.2, -0.15) is 0 Å². The van der Waals surface area contributed by atoms with Crippen LogP contribution < -0.4 is 10.6 Å². The zero-order valence-electron chi connectivity index (χ0n) is 18.4. The van der Waals surface area contributed by atoms with E-state index >= 15 is 0 Å². The summed E-state index contributed by atoms with van der Waals surface area (Å²) in [5, 5.41) is 0. The van der Waals surface area contributed by atoms with E-state index in [4.69, 9.17) is 5.73 Å². The first-order chi connectivity index (χ1) is 15.6. The molecule has 0 saturated carbocycles. The largest absolute Gasteiger partial charge is 0.351 e. The van der Waals surface area contributed by atoms with E-state index in [1.165, 1.54) is 35.2 Å². The molecule has 0 bridgehead atoms. The van der Waals surface area contributed by atoms with E-state index in [0.717, 1.165) is 12.1 Å². The number of anilines is 2. The Morgan fingerprint density at radius 2 is 1.67 bits per heavy atom. The van der Waals surface area contributed by atoms with Crippen LogP contribution in [0.3, 0.4) is 0 Å². The number of benzene rings is 2. The number of aromatic nitrogens is 1. The molecular weight excluding hydrogens is 433 g/mol. The first-order valence-electron chi connectivity index (χ1n) is 10.1. The predicted molar refractivity (Wildman–Crippen MR) is 119 cm³/mol. The van der Waals surface area contributed by atoms with Gasteiger partial charge in [0.05, 0.1) is 5.69 Å². The summed E-state index contributed by atoms with van der Waals surface area (Å²) in [4.78, 5) is 30.9. The number of nitrogens with two attached hydrogens (primary N) is 1. The molecule has 0 aliphatic rings. The molecule has 0 saturated heterocycles. The van der Waals surface area contributed by atoms with Gasteiger partial charge in [-0.05, 0) is 60.9 Å². The maximum Gasteiger partial charge on any atom is 0.325 e. The molecule has 0 fully saturated rings. The fourth-order valence-electron chi connectivity index (χ4n) is 3.44. The number of halogens is 3. The average molecular weight is 456 g/mol. The molecule has 2 aromatic carbocycles. The number of para-hydroxylation sites is 1. The van der Waals surface area contributed by atoms with Gasteiger partial charge in [-0.1, -0.05) is 12.1 Å². The van der Waals surface area contributed by atoms with Gasteiger partial charge in [0.1, 0.15) is 29.0 Å².